The summed E-state index contributed by atoms with van der Waals surface area (Å²) in [5, 5.41) is 10.4. The number of aromatic amines is 1. The monoisotopic (exact) mass is 407 g/mol. The maximum absolute atomic E-state index is 12.1. The van der Waals surface area contributed by atoms with E-state index in [1.54, 1.807) is 18.3 Å². The maximum Gasteiger partial charge on any atom is 0.410 e. The summed E-state index contributed by atoms with van der Waals surface area (Å²) in [4.78, 5) is 25.2. The van der Waals surface area contributed by atoms with Gasteiger partial charge in [-0.1, -0.05) is 6.92 Å². The molecule has 1 unspecified atom stereocenters. The Morgan fingerprint density at radius 3 is 2.69 bits per heavy atom. The van der Waals surface area contributed by atoms with Crippen LogP contribution in [0.15, 0.2) is 11.3 Å². The lowest BCUT2D eigenvalue weighted by Gasteiger charge is -2.33. The summed E-state index contributed by atoms with van der Waals surface area (Å²) in [5.74, 6) is 2.58. The highest BCUT2D eigenvalue weighted by Crippen LogP contribution is 2.25. The van der Waals surface area contributed by atoms with Crippen molar-refractivity contribution >= 4 is 12.1 Å². The first-order chi connectivity index (χ1) is 13.7. The van der Waals surface area contributed by atoms with Gasteiger partial charge in [0.15, 0.2) is 5.96 Å². The third-order valence-corrected chi connectivity index (χ3v) is 4.79. The number of nitrogens with one attached hydrogen (secondary N) is 2. The fourth-order valence-electron chi connectivity index (χ4n) is 3.38. The first-order valence-corrected chi connectivity index (χ1v) is 10.5. The van der Waals surface area contributed by atoms with Crippen molar-refractivity contribution in [2.75, 3.05) is 39.8 Å². The predicted molar refractivity (Wildman–Crippen MR) is 114 cm³/mol. The lowest BCUT2D eigenvalue weighted by atomic mass is 9.96. The summed E-state index contributed by atoms with van der Waals surface area (Å²) in [6, 6.07) is 0. The summed E-state index contributed by atoms with van der Waals surface area (Å²) in [6.45, 7) is 13.8. The van der Waals surface area contributed by atoms with Gasteiger partial charge in [0.05, 0.1) is 0 Å². The zero-order valence-electron chi connectivity index (χ0n) is 18.7. The average molecular weight is 408 g/mol. The van der Waals surface area contributed by atoms with Crippen molar-refractivity contribution in [2.45, 2.75) is 59.0 Å². The van der Waals surface area contributed by atoms with Crippen molar-refractivity contribution in [1.29, 1.82) is 0 Å². The van der Waals surface area contributed by atoms with Crippen LogP contribution in [0, 0.1) is 5.92 Å². The van der Waals surface area contributed by atoms with Gasteiger partial charge in [-0.2, -0.15) is 5.10 Å². The maximum atomic E-state index is 12.1. The van der Waals surface area contributed by atoms with Gasteiger partial charge in [-0.3, -0.25) is 10.1 Å². The lowest BCUT2D eigenvalue weighted by Crippen LogP contribution is -2.45. The van der Waals surface area contributed by atoms with E-state index in [-0.39, 0.29) is 12.0 Å². The molecule has 0 aromatic carbocycles. The molecule has 1 atom stereocenters. The van der Waals surface area contributed by atoms with Crippen LogP contribution in [0.1, 0.15) is 59.2 Å². The summed E-state index contributed by atoms with van der Waals surface area (Å²) < 4.78 is 5.42. The van der Waals surface area contributed by atoms with E-state index in [1.165, 1.54) is 0 Å². The van der Waals surface area contributed by atoms with Crippen LogP contribution in [0.3, 0.4) is 0 Å². The number of aromatic nitrogens is 3. The van der Waals surface area contributed by atoms with Crippen LogP contribution in [0.2, 0.25) is 0 Å². The van der Waals surface area contributed by atoms with E-state index in [0.29, 0.717) is 19.0 Å². The number of H-pyrrole nitrogens is 1. The molecule has 164 valence electrons. The molecule has 2 N–H and O–H groups in total. The second kappa shape index (κ2) is 10.5. The Balaban J connectivity index is 1.86. The number of aliphatic imine (C=N–C) groups is 1. The number of piperidine rings is 1. The average Bonchev–Trinajstić information content (AvgIpc) is 3.18. The van der Waals surface area contributed by atoms with E-state index in [1.807, 2.05) is 20.8 Å². The molecule has 0 spiro atoms. The van der Waals surface area contributed by atoms with Crippen LogP contribution in [-0.4, -0.2) is 82.4 Å². The van der Waals surface area contributed by atoms with Crippen LogP contribution < -0.4 is 5.32 Å². The molecule has 0 radical (unpaired) electrons. The van der Waals surface area contributed by atoms with E-state index in [0.717, 1.165) is 44.3 Å². The molecule has 1 aliphatic heterocycles. The van der Waals surface area contributed by atoms with E-state index in [4.69, 9.17) is 9.73 Å². The third kappa shape index (κ3) is 7.55. The molecule has 0 bridgehead atoms. The smallest absolute Gasteiger partial charge is 0.410 e. The molecule has 2 rings (SSSR count). The van der Waals surface area contributed by atoms with Crippen LogP contribution in [0.4, 0.5) is 4.79 Å². The zero-order chi connectivity index (χ0) is 21.4. The van der Waals surface area contributed by atoms with Crippen LogP contribution in [0.25, 0.3) is 0 Å². The molecule has 9 heteroatoms. The molecule has 1 saturated heterocycles. The van der Waals surface area contributed by atoms with Gasteiger partial charge in [0.25, 0.3) is 0 Å². The lowest BCUT2D eigenvalue weighted by molar-refractivity contribution is 0.0279. The molecular weight excluding hydrogens is 370 g/mol. The van der Waals surface area contributed by atoms with Gasteiger partial charge in [0.1, 0.15) is 17.8 Å². The number of guanidine groups is 1. The summed E-state index contributed by atoms with van der Waals surface area (Å²) in [6.07, 6.45) is 3.32. The molecule has 0 aliphatic carbocycles. The Kier molecular flexibility index (Phi) is 8.28. The normalized spacial score (nSPS) is 17.2. The van der Waals surface area contributed by atoms with Crippen LogP contribution >= 0.6 is 0 Å². The topological polar surface area (TPSA) is 98.7 Å². The highest BCUT2D eigenvalue weighted by Gasteiger charge is 2.25. The summed E-state index contributed by atoms with van der Waals surface area (Å²) in [7, 11) is 1.77. The Morgan fingerprint density at radius 2 is 2.14 bits per heavy atom. The Hall–Kier alpha value is -2.32. The number of nitrogens with zero attached hydrogens (tertiary/aromatic N) is 5. The number of ether oxygens (including phenoxy) is 1. The SMILES string of the molecule is CCNC(=NCC(C)CN(C)C(=O)OC(C)(C)C)N1CCC(c2ncn[nH]2)CC1. The van der Waals surface area contributed by atoms with Crippen molar-refractivity contribution in [3.05, 3.63) is 12.2 Å². The number of carbonyl (C=O) groups excluding carboxylic acids is 1. The molecule has 29 heavy (non-hydrogen) atoms. The Morgan fingerprint density at radius 1 is 1.45 bits per heavy atom. The van der Waals surface area contributed by atoms with Crippen LogP contribution in [-0.2, 0) is 4.74 Å². The van der Waals surface area contributed by atoms with Crippen LogP contribution in [0.5, 0.6) is 0 Å². The third-order valence-electron chi connectivity index (χ3n) is 4.79. The molecule has 1 aromatic heterocycles. The Bertz CT molecular complexity index is 646. The highest BCUT2D eigenvalue weighted by atomic mass is 16.6. The van der Waals surface area contributed by atoms with Crippen molar-refractivity contribution in [3.8, 4) is 0 Å². The summed E-state index contributed by atoms with van der Waals surface area (Å²) >= 11 is 0. The second-order valence-corrected chi connectivity index (χ2v) is 8.79. The number of hydrogen-bond donors (Lipinski definition) is 2. The number of rotatable bonds is 6. The molecule has 2 heterocycles. The fraction of sp³-hybridized carbons (Fsp3) is 0.800. The second-order valence-electron chi connectivity index (χ2n) is 8.79. The number of likely N-dealkylation sites (tertiary alicyclic amines) is 1. The van der Waals surface area contributed by atoms with E-state index in [2.05, 4.69) is 39.2 Å². The molecule has 0 saturated carbocycles. The van der Waals surface area contributed by atoms with Crippen molar-refractivity contribution < 1.29 is 9.53 Å². The standard InChI is InChI=1S/C20H37N7O2/c1-7-21-18(27-10-8-16(9-11-27)17-23-14-24-25-17)22-12-15(2)13-26(6)19(28)29-20(3,4)5/h14-16H,7-13H2,1-6H3,(H,21,22)(H,23,24,25). The minimum Gasteiger partial charge on any atom is -0.444 e. The van der Waals surface area contributed by atoms with Gasteiger partial charge < -0.3 is 19.9 Å². The number of carbonyl (C=O) groups is 1. The first kappa shape index (κ1) is 23.0. The van der Waals surface area contributed by atoms with Crippen molar-refractivity contribution in [1.82, 2.24) is 30.3 Å². The van der Waals surface area contributed by atoms with Gasteiger partial charge >= 0.3 is 6.09 Å². The van der Waals surface area contributed by atoms with Crippen molar-refractivity contribution in [2.24, 2.45) is 10.9 Å². The quantitative estimate of drug-likeness (QED) is 0.555. The first-order valence-electron chi connectivity index (χ1n) is 10.5. The van der Waals surface area contributed by atoms with Gasteiger partial charge in [-0.05, 0) is 46.5 Å². The Labute approximate surface area is 174 Å². The fourth-order valence-corrected chi connectivity index (χ4v) is 3.38. The van der Waals surface area contributed by atoms with E-state index < -0.39 is 5.60 Å². The van der Waals surface area contributed by atoms with Gasteiger partial charge in [-0.15, -0.1) is 0 Å². The molecule has 1 aliphatic rings. The molecule has 1 aromatic rings. The molecular formula is C20H37N7O2. The van der Waals surface area contributed by atoms with Crippen molar-refractivity contribution in [3.63, 3.8) is 0 Å². The highest BCUT2D eigenvalue weighted by molar-refractivity contribution is 5.80. The molecule has 1 fully saturated rings. The number of hydrogen-bond acceptors (Lipinski definition) is 5. The molecule has 9 nitrogen and oxygen atoms in total. The van der Waals surface area contributed by atoms with E-state index >= 15 is 0 Å². The van der Waals surface area contributed by atoms with Gasteiger partial charge in [0.2, 0.25) is 0 Å². The molecule has 1 amide bonds. The van der Waals surface area contributed by atoms with E-state index in [9.17, 15) is 4.79 Å². The number of amides is 1. The zero-order valence-corrected chi connectivity index (χ0v) is 18.7. The summed E-state index contributed by atoms with van der Waals surface area (Å²) in [5.41, 5.74) is -0.483. The largest absolute Gasteiger partial charge is 0.444 e. The predicted octanol–water partition coefficient (Wildman–Crippen LogP) is 2.45. The minimum absolute atomic E-state index is 0.230. The minimum atomic E-state index is -0.483. The van der Waals surface area contributed by atoms with Gasteiger partial charge in [-0.25, -0.2) is 9.78 Å². The van der Waals surface area contributed by atoms with Gasteiger partial charge in [0, 0.05) is 45.7 Å².